The number of allylic oxidation sites excluding steroid dienone is 6. The van der Waals surface area contributed by atoms with E-state index in [1.807, 2.05) is 0 Å². The van der Waals surface area contributed by atoms with Gasteiger partial charge in [-0.25, -0.2) is 0 Å². The summed E-state index contributed by atoms with van der Waals surface area (Å²) < 4.78 is 5.41. The molecule has 2 atom stereocenters. The van der Waals surface area contributed by atoms with Gasteiger partial charge in [-0.05, 0) is 77.0 Å². The zero-order valence-corrected chi connectivity index (χ0v) is 39.2. The number of aliphatic hydroxyl groups is 2. The molecule has 1 amide bonds. The monoisotopic (exact) mass is 830 g/mol. The summed E-state index contributed by atoms with van der Waals surface area (Å²) in [5.41, 5.74) is 0. The Bertz CT molecular complexity index is 962. The third-order valence-corrected chi connectivity index (χ3v) is 11.7. The van der Waals surface area contributed by atoms with Crippen molar-refractivity contribution in [2.24, 2.45) is 0 Å². The number of nitrogens with one attached hydrogen (secondary N) is 1. The molecule has 0 saturated heterocycles. The van der Waals surface area contributed by atoms with Crippen LogP contribution in [0.25, 0.3) is 0 Å². The summed E-state index contributed by atoms with van der Waals surface area (Å²) >= 11 is 0. The summed E-state index contributed by atoms with van der Waals surface area (Å²) in [5.74, 6) is -0.0909. The molecule has 6 nitrogen and oxygen atoms in total. The molecule has 346 valence electrons. The first-order valence-electron chi connectivity index (χ1n) is 25.8. The van der Waals surface area contributed by atoms with Crippen LogP contribution in [0.3, 0.4) is 0 Å². The lowest BCUT2D eigenvalue weighted by Gasteiger charge is -2.22. The number of esters is 1. The Balaban J connectivity index is 3.54. The number of rotatable bonds is 47. The molecule has 0 rings (SSSR count). The first kappa shape index (κ1) is 57.1. The molecule has 0 aliphatic heterocycles. The van der Waals surface area contributed by atoms with Gasteiger partial charge in [-0.15, -0.1) is 0 Å². The molecule has 0 spiro atoms. The van der Waals surface area contributed by atoms with Crippen LogP contribution in [-0.4, -0.2) is 47.4 Å². The Labute approximate surface area is 366 Å². The normalized spacial score (nSPS) is 12.9. The topological polar surface area (TPSA) is 95.9 Å². The van der Waals surface area contributed by atoms with Crippen LogP contribution in [0.1, 0.15) is 264 Å². The maximum atomic E-state index is 12.4. The molecule has 0 aromatic heterocycles. The van der Waals surface area contributed by atoms with E-state index in [-0.39, 0.29) is 18.5 Å². The standard InChI is InChI=1S/C53H99NO5/c1-3-5-7-9-11-13-15-16-17-19-22-26-29-33-37-41-45-51(56)50(49-55)54-52(57)46-42-38-34-30-27-23-20-18-21-24-28-32-36-40-44-48-59-53(58)47-43-39-35-31-25-14-12-10-8-6-4-2/h10,12,18,21,24,28,50-51,55-56H,3-9,11,13-17,19-20,22-23,25-27,29-49H2,1-2H3,(H,54,57)/b12-10-,21-18-,28-24-. The summed E-state index contributed by atoms with van der Waals surface area (Å²) in [4.78, 5) is 24.4. The highest BCUT2D eigenvalue weighted by molar-refractivity contribution is 5.76. The van der Waals surface area contributed by atoms with Crippen LogP contribution in [0.15, 0.2) is 36.5 Å². The minimum atomic E-state index is -0.679. The second kappa shape index (κ2) is 48.7. The van der Waals surface area contributed by atoms with E-state index >= 15 is 0 Å². The zero-order valence-electron chi connectivity index (χ0n) is 39.2. The summed E-state index contributed by atoms with van der Waals surface area (Å²) in [6.45, 7) is 4.85. The van der Waals surface area contributed by atoms with Crippen LogP contribution in [0, 0.1) is 0 Å². The van der Waals surface area contributed by atoms with E-state index in [4.69, 9.17) is 4.74 Å². The number of ether oxygens (including phenoxy) is 1. The van der Waals surface area contributed by atoms with Crippen molar-refractivity contribution in [2.75, 3.05) is 13.2 Å². The van der Waals surface area contributed by atoms with Crippen LogP contribution in [0.4, 0.5) is 0 Å². The highest BCUT2D eigenvalue weighted by Gasteiger charge is 2.20. The molecule has 3 N–H and O–H groups in total. The van der Waals surface area contributed by atoms with E-state index in [1.165, 1.54) is 154 Å². The van der Waals surface area contributed by atoms with E-state index in [1.54, 1.807) is 0 Å². The highest BCUT2D eigenvalue weighted by atomic mass is 16.5. The Morgan fingerprint density at radius 1 is 0.475 bits per heavy atom. The molecule has 0 aromatic rings. The van der Waals surface area contributed by atoms with E-state index < -0.39 is 12.1 Å². The summed E-state index contributed by atoms with van der Waals surface area (Å²) in [7, 11) is 0. The van der Waals surface area contributed by atoms with Crippen LogP contribution in [0.5, 0.6) is 0 Å². The Hall–Kier alpha value is -1.92. The van der Waals surface area contributed by atoms with Gasteiger partial charge in [0.25, 0.3) is 0 Å². The van der Waals surface area contributed by atoms with E-state index in [0.29, 0.717) is 25.9 Å². The van der Waals surface area contributed by atoms with Gasteiger partial charge >= 0.3 is 5.97 Å². The second-order valence-corrected chi connectivity index (χ2v) is 17.5. The van der Waals surface area contributed by atoms with Crippen molar-refractivity contribution in [3.05, 3.63) is 36.5 Å². The fourth-order valence-electron chi connectivity index (χ4n) is 7.67. The molecule has 0 aliphatic carbocycles. The number of unbranched alkanes of at least 4 members (excludes halogenated alkanes) is 31. The minimum Gasteiger partial charge on any atom is -0.466 e. The predicted octanol–water partition coefficient (Wildman–Crippen LogP) is 15.3. The predicted molar refractivity (Wildman–Crippen MR) is 255 cm³/mol. The number of amides is 1. The number of carbonyl (C=O) groups is 2. The molecule has 0 saturated carbocycles. The molecule has 0 fully saturated rings. The summed E-state index contributed by atoms with van der Waals surface area (Å²) in [5, 5.41) is 23.2. The number of aliphatic hydroxyl groups excluding tert-OH is 2. The van der Waals surface area contributed by atoms with Gasteiger partial charge in [0.05, 0.1) is 25.4 Å². The van der Waals surface area contributed by atoms with Gasteiger partial charge in [-0.1, -0.05) is 211 Å². The first-order valence-corrected chi connectivity index (χ1v) is 25.8. The van der Waals surface area contributed by atoms with Crippen molar-refractivity contribution in [1.82, 2.24) is 5.32 Å². The van der Waals surface area contributed by atoms with Gasteiger partial charge in [-0.2, -0.15) is 0 Å². The second-order valence-electron chi connectivity index (χ2n) is 17.5. The van der Waals surface area contributed by atoms with Crippen LogP contribution in [0.2, 0.25) is 0 Å². The van der Waals surface area contributed by atoms with Gasteiger partial charge in [0.2, 0.25) is 5.91 Å². The van der Waals surface area contributed by atoms with Gasteiger partial charge < -0.3 is 20.3 Å². The third kappa shape index (κ3) is 45.4. The van der Waals surface area contributed by atoms with Crippen molar-refractivity contribution in [3.63, 3.8) is 0 Å². The van der Waals surface area contributed by atoms with Gasteiger partial charge in [0, 0.05) is 12.8 Å². The molecule has 0 aliphatic rings. The SMILES string of the molecule is CCCC/C=C\CCCCCCCC(=O)OCCCCC/C=C\C=C/CCCCCCCCC(=O)NC(CO)C(O)CCCCCCCCCCCCCCCCCC. The lowest BCUT2D eigenvalue weighted by atomic mass is 10.0. The first-order chi connectivity index (χ1) is 29.0. The van der Waals surface area contributed by atoms with Gasteiger partial charge in [0.15, 0.2) is 0 Å². The summed E-state index contributed by atoms with van der Waals surface area (Å²) in [6.07, 6.45) is 58.3. The average Bonchev–Trinajstić information content (AvgIpc) is 3.24. The Morgan fingerprint density at radius 3 is 1.36 bits per heavy atom. The van der Waals surface area contributed by atoms with Crippen LogP contribution in [-0.2, 0) is 14.3 Å². The lowest BCUT2D eigenvalue weighted by Crippen LogP contribution is -2.45. The smallest absolute Gasteiger partial charge is 0.305 e. The van der Waals surface area contributed by atoms with Crippen molar-refractivity contribution in [2.45, 2.75) is 276 Å². The molecule has 0 bridgehead atoms. The van der Waals surface area contributed by atoms with Crippen molar-refractivity contribution >= 4 is 11.9 Å². The van der Waals surface area contributed by atoms with Crippen LogP contribution < -0.4 is 5.32 Å². The molecule has 59 heavy (non-hydrogen) atoms. The molecule has 2 unspecified atom stereocenters. The van der Waals surface area contributed by atoms with Crippen molar-refractivity contribution < 1.29 is 24.5 Å². The van der Waals surface area contributed by atoms with E-state index in [9.17, 15) is 19.8 Å². The third-order valence-electron chi connectivity index (χ3n) is 11.7. The Kier molecular flexibility index (Phi) is 47.2. The van der Waals surface area contributed by atoms with Gasteiger partial charge in [-0.3, -0.25) is 9.59 Å². The maximum absolute atomic E-state index is 12.4. The molecule has 6 heteroatoms. The number of carbonyl (C=O) groups excluding carboxylic acids is 2. The number of hydrogen-bond acceptors (Lipinski definition) is 5. The number of hydrogen-bond donors (Lipinski definition) is 3. The van der Waals surface area contributed by atoms with E-state index in [2.05, 4.69) is 55.6 Å². The molecule has 0 radical (unpaired) electrons. The fourth-order valence-corrected chi connectivity index (χ4v) is 7.67. The average molecular weight is 830 g/mol. The quantitative estimate of drug-likeness (QED) is 0.0246. The molecular weight excluding hydrogens is 731 g/mol. The minimum absolute atomic E-state index is 0.0332. The van der Waals surface area contributed by atoms with Crippen molar-refractivity contribution in [3.8, 4) is 0 Å². The highest BCUT2D eigenvalue weighted by Crippen LogP contribution is 2.16. The Morgan fingerprint density at radius 2 is 0.864 bits per heavy atom. The van der Waals surface area contributed by atoms with Gasteiger partial charge in [0.1, 0.15) is 0 Å². The molecule has 0 heterocycles. The molecular formula is C53H99NO5. The maximum Gasteiger partial charge on any atom is 0.305 e. The van der Waals surface area contributed by atoms with Crippen LogP contribution >= 0.6 is 0 Å². The van der Waals surface area contributed by atoms with E-state index in [0.717, 1.165) is 77.0 Å². The lowest BCUT2D eigenvalue weighted by molar-refractivity contribution is -0.143. The zero-order chi connectivity index (χ0) is 43.0. The van der Waals surface area contributed by atoms with Crippen molar-refractivity contribution in [1.29, 1.82) is 0 Å². The summed E-state index contributed by atoms with van der Waals surface area (Å²) in [6, 6.07) is -0.558. The largest absolute Gasteiger partial charge is 0.466 e. The fraction of sp³-hybridized carbons (Fsp3) is 0.849. The molecule has 0 aromatic carbocycles.